The van der Waals surface area contributed by atoms with Crippen LogP contribution in [-0.4, -0.2) is 34.2 Å². The Balaban J connectivity index is 2.15. The van der Waals surface area contributed by atoms with Crippen molar-refractivity contribution in [1.29, 1.82) is 0 Å². The van der Waals surface area contributed by atoms with Gasteiger partial charge in [0.2, 0.25) is 0 Å². The minimum Gasteiger partial charge on any atom is -0.370 e. The number of H-pyrrole nitrogens is 1. The predicted octanol–water partition coefficient (Wildman–Crippen LogP) is -0.338. The maximum Gasteiger partial charge on any atom is 0.188 e. The third-order valence-electron chi connectivity index (χ3n) is 1.64. The largest absolute Gasteiger partial charge is 0.370 e. The molecule has 0 fully saturated rings. The number of hydrogen-bond donors (Lipinski definition) is 3. The Morgan fingerprint density at radius 3 is 3.21 bits per heavy atom. The summed E-state index contributed by atoms with van der Waals surface area (Å²) in [4.78, 5) is 8.09. The number of nitrogens with one attached hydrogen (secondary N) is 2. The highest BCUT2D eigenvalue weighted by Crippen LogP contribution is 1.85. The molecule has 0 aromatic carbocycles. The van der Waals surface area contributed by atoms with E-state index in [1.165, 1.54) is 6.33 Å². The van der Waals surface area contributed by atoms with Gasteiger partial charge in [0.05, 0.1) is 0 Å². The Morgan fingerprint density at radius 1 is 1.71 bits per heavy atom. The van der Waals surface area contributed by atoms with Gasteiger partial charge in [0.1, 0.15) is 12.2 Å². The lowest BCUT2D eigenvalue weighted by molar-refractivity contribution is 0.800. The van der Waals surface area contributed by atoms with Gasteiger partial charge in [0.15, 0.2) is 5.96 Å². The Morgan fingerprint density at radius 2 is 2.57 bits per heavy atom. The van der Waals surface area contributed by atoms with E-state index < -0.39 is 0 Å². The summed E-state index contributed by atoms with van der Waals surface area (Å²) in [5.74, 6) is 1.34. The van der Waals surface area contributed by atoms with Gasteiger partial charge in [-0.15, -0.1) is 0 Å². The van der Waals surface area contributed by atoms with Crippen molar-refractivity contribution in [2.75, 3.05) is 13.1 Å². The van der Waals surface area contributed by atoms with E-state index >= 15 is 0 Å². The van der Waals surface area contributed by atoms with Gasteiger partial charge < -0.3 is 11.1 Å². The van der Waals surface area contributed by atoms with E-state index in [0.717, 1.165) is 25.2 Å². The van der Waals surface area contributed by atoms with Gasteiger partial charge in [-0.3, -0.25) is 10.1 Å². The van der Waals surface area contributed by atoms with Crippen molar-refractivity contribution in [2.24, 2.45) is 10.7 Å². The average Bonchev–Trinajstić information content (AvgIpc) is 2.67. The second-order valence-corrected chi connectivity index (χ2v) is 2.88. The molecule has 14 heavy (non-hydrogen) atoms. The van der Waals surface area contributed by atoms with E-state index in [2.05, 4.69) is 32.4 Å². The van der Waals surface area contributed by atoms with Crippen LogP contribution in [0.25, 0.3) is 0 Å². The summed E-state index contributed by atoms with van der Waals surface area (Å²) in [6.07, 6.45) is 3.26. The number of nitrogens with zero attached hydrogens (tertiary/aromatic N) is 3. The number of aromatic nitrogens is 3. The summed E-state index contributed by atoms with van der Waals surface area (Å²) < 4.78 is 0. The quantitative estimate of drug-likeness (QED) is 0.444. The first kappa shape index (κ1) is 10.5. The third-order valence-corrected chi connectivity index (χ3v) is 1.64. The molecule has 6 nitrogen and oxygen atoms in total. The van der Waals surface area contributed by atoms with Crippen LogP contribution in [0.4, 0.5) is 0 Å². The van der Waals surface area contributed by atoms with Crippen LogP contribution in [0.2, 0.25) is 0 Å². The normalized spacial score (nSPS) is 11.6. The molecule has 0 aliphatic rings. The van der Waals surface area contributed by atoms with Crippen LogP contribution in [0.5, 0.6) is 0 Å². The summed E-state index contributed by atoms with van der Waals surface area (Å²) in [5, 5.41) is 9.51. The molecule has 0 unspecified atom stereocenters. The second-order valence-electron chi connectivity index (χ2n) is 2.88. The molecule has 1 aromatic heterocycles. The molecule has 0 saturated carbocycles. The molecule has 1 heterocycles. The van der Waals surface area contributed by atoms with Gasteiger partial charge in [-0.05, 0) is 6.42 Å². The van der Waals surface area contributed by atoms with Crippen molar-refractivity contribution in [3.63, 3.8) is 0 Å². The minimum atomic E-state index is 0.492. The van der Waals surface area contributed by atoms with Crippen LogP contribution in [0.3, 0.4) is 0 Å². The van der Waals surface area contributed by atoms with Crippen LogP contribution in [-0.2, 0) is 6.42 Å². The Bertz CT molecular complexity index is 265. The van der Waals surface area contributed by atoms with E-state index in [0.29, 0.717) is 12.5 Å². The molecule has 0 amide bonds. The first-order chi connectivity index (χ1) is 6.83. The third kappa shape index (κ3) is 3.88. The number of aromatic amines is 1. The van der Waals surface area contributed by atoms with E-state index in [1.807, 2.05) is 0 Å². The van der Waals surface area contributed by atoms with Gasteiger partial charge in [0.25, 0.3) is 0 Å². The molecular formula is C8H16N6. The van der Waals surface area contributed by atoms with E-state index in [1.54, 1.807) is 0 Å². The molecular weight excluding hydrogens is 180 g/mol. The van der Waals surface area contributed by atoms with Crippen molar-refractivity contribution in [1.82, 2.24) is 20.5 Å². The van der Waals surface area contributed by atoms with Crippen LogP contribution in [0.1, 0.15) is 19.2 Å². The van der Waals surface area contributed by atoms with Crippen molar-refractivity contribution >= 4 is 5.96 Å². The molecule has 0 bridgehead atoms. The predicted molar refractivity (Wildman–Crippen MR) is 54.9 cm³/mol. The molecule has 0 saturated heterocycles. The highest BCUT2D eigenvalue weighted by molar-refractivity contribution is 5.77. The highest BCUT2D eigenvalue weighted by Gasteiger charge is 1.95. The summed E-state index contributed by atoms with van der Waals surface area (Å²) in [5.41, 5.74) is 5.59. The zero-order valence-corrected chi connectivity index (χ0v) is 8.32. The fourth-order valence-electron chi connectivity index (χ4n) is 0.948. The molecule has 6 heteroatoms. The summed E-state index contributed by atoms with van der Waals surface area (Å²) >= 11 is 0. The van der Waals surface area contributed by atoms with Crippen molar-refractivity contribution in [2.45, 2.75) is 19.8 Å². The molecule has 4 N–H and O–H groups in total. The summed E-state index contributed by atoms with van der Waals surface area (Å²) in [6, 6.07) is 0. The zero-order chi connectivity index (χ0) is 10.2. The highest BCUT2D eigenvalue weighted by atomic mass is 15.2. The SMILES string of the molecule is CCCN=C(N)NCCc1ncn[nH]1. The fraction of sp³-hybridized carbons (Fsp3) is 0.625. The van der Waals surface area contributed by atoms with Crippen LogP contribution in [0.15, 0.2) is 11.3 Å². The lowest BCUT2D eigenvalue weighted by atomic mass is 10.4. The van der Waals surface area contributed by atoms with Crippen molar-refractivity contribution in [3.8, 4) is 0 Å². The Hall–Kier alpha value is -1.59. The molecule has 0 radical (unpaired) electrons. The second kappa shape index (κ2) is 5.95. The molecule has 0 atom stereocenters. The number of guanidine groups is 1. The van der Waals surface area contributed by atoms with E-state index in [9.17, 15) is 0 Å². The number of rotatable bonds is 5. The Kier molecular flexibility index (Phi) is 4.46. The minimum absolute atomic E-state index is 0.492. The van der Waals surface area contributed by atoms with E-state index in [-0.39, 0.29) is 0 Å². The van der Waals surface area contributed by atoms with Crippen molar-refractivity contribution < 1.29 is 0 Å². The molecule has 0 aliphatic heterocycles. The van der Waals surface area contributed by atoms with Gasteiger partial charge in [-0.25, -0.2) is 4.98 Å². The molecule has 0 spiro atoms. The Labute approximate surface area is 83.0 Å². The molecule has 78 valence electrons. The topological polar surface area (TPSA) is 92.0 Å². The van der Waals surface area contributed by atoms with Gasteiger partial charge in [-0.1, -0.05) is 6.92 Å². The number of aliphatic imine (C=N–C) groups is 1. The summed E-state index contributed by atoms with van der Waals surface area (Å²) in [6.45, 7) is 3.54. The van der Waals surface area contributed by atoms with Gasteiger partial charge >= 0.3 is 0 Å². The molecule has 0 aliphatic carbocycles. The first-order valence-electron chi connectivity index (χ1n) is 4.71. The summed E-state index contributed by atoms with van der Waals surface area (Å²) in [7, 11) is 0. The van der Waals surface area contributed by atoms with Gasteiger partial charge in [-0.2, -0.15) is 5.10 Å². The first-order valence-corrected chi connectivity index (χ1v) is 4.71. The lowest BCUT2D eigenvalue weighted by Gasteiger charge is -2.02. The maximum atomic E-state index is 5.59. The van der Waals surface area contributed by atoms with Crippen molar-refractivity contribution in [3.05, 3.63) is 12.2 Å². The van der Waals surface area contributed by atoms with E-state index in [4.69, 9.17) is 5.73 Å². The van der Waals surface area contributed by atoms with Crippen LogP contribution in [0, 0.1) is 0 Å². The number of nitrogens with two attached hydrogens (primary N) is 1. The monoisotopic (exact) mass is 196 g/mol. The number of hydrogen-bond acceptors (Lipinski definition) is 3. The average molecular weight is 196 g/mol. The fourth-order valence-corrected chi connectivity index (χ4v) is 0.948. The standard InChI is InChI=1S/C8H16N6/c1-2-4-10-8(9)11-5-3-7-12-6-13-14-7/h6H,2-5H2,1H3,(H3,9,10,11)(H,12,13,14). The molecule has 1 aromatic rings. The van der Waals surface area contributed by atoms with Crippen LogP contribution < -0.4 is 11.1 Å². The smallest absolute Gasteiger partial charge is 0.188 e. The maximum absolute atomic E-state index is 5.59. The van der Waals surface area contributed by atoms with Gasteiger partial charge in [0, 0.05) is 19.5 Å². The lowest BCUT2D eigenvalue weighted by Crippen LogP contribution is -2.33. The van der Waals surface area contributed by atoms with Crippen LogP contribution >= 0.6 is 0 Å². The molecule has 1 rings (SSSR count). The zero-order valence-electron chi connectivity index (χ0n) is 8.32.